The quantitative estimate of drug-likeness (QED) is 0.856. The summed E-state index contributed by atoms with van der Waals surface area (Å²) in [5.41, 5.74) is 1.01. The lowest BCUT2D eigenvalue weighted by atomic mass is 10.2. The molecule has 0 saturated carbocycles. The number of nitrogens with one attached hydrogen (secondary N) is 2. The molecule has 1 aliphatic heterocycles. The van der Waals surface area contributed by atoms with E-state index in [2.05, 4.69) is 10.6 Å². The highest BCUT2D eigenvalue weighted by atomic mass is 35.5. The number of hydrogen-bond donors (Lipinski definition) is 2. The molecule has 0 radical (unpaired) electrons. The van der Waals surface area contributed by atoms with Crippen LogP contribution in [0.25, 0.3) is 0 Å². The maximum Gasteiger partial charge on any atom is 0.258 e. The molecule has 3 rings (SSSR count). The molecule has 2 aromatic rings. The van der Waals surface area contributed by atoms with Gasteiger partial charge in [-0.1, -0.05) is 23.2 Å². The van der Waals surface area contributed by atoms with Crippen LogP contribution in [0.2, 0.25) is 10.0 Å². The Kier molecular flexibility index (Phi) is 5.11. The fourth-order valence-corrected chi connectivity index (χ4v) is 3.02. The van der Waals surface area contributed by atoms with Gasteiger partial charge in [-0.25, -0.2) is 4.39 Å². The molecule has 1 heterocycles. The molecule has 1 aliphatic rings. The lowest BCUT2D eigenvalue weighted by molar-refractivity contribution is -0.120. The van der Waals surface area contributed by atoms with Gasteiger partial charge in [0.05, 0.1) is 22.8 Å². The number of hydrogen-bond acceptors (Lipinski definition) is 3. The second-order valence-electron chi connectivity index (χ2n) is 5.52. The minimum atomic E-state index is -0.702. The van der Waals surface area contributed by atoms with Gasteiger partial charge >= 0.3 is 0 Å². The van der Waals surface area contributed by atoms with Gasteiger partial charge in [0, 0.05) is 23.8 Å². The highest BCUT2D eigenvalue weighted by molar-refractivity contribution is 6.33. The van der Waals surface area contributed by atoms with Crippen molar-refractivity contribution in [3.63, 3.8) is 0 Å². The van der Waals surface area contributed by atoms with Crippen LogP contribution in [-0.4, -0.2) is 31.4 Å². The van der Waals surface area contributed by atoms with E-state index in [1.807, 2.05) is 4.90 Å². The number of amides is 2. The summed E-state index contributed by atoms with van der Waals surface area (Å²) in [5.74, 6) is -1.37. The van der Waals surface area contributed by atoms with E-state index in [1.54, 1.807) is 18.2 Å². The van der Waals surface area contributed by atoms with Crippen LogP contribution in [0.5, 0.6) is 0 Å². The predicted octanol–water partition coefficient (Wildman–Crippen LogP) is 3.32. The van der Waals surface area contributed by atoms with Crippen molar-refractivity contribution < 1.29 is 14.0 Å². The Balaban J connectivity index is 1.76. The van der Waals surface area contributed by atoms with Gasteiger partial charge in [-0.2, -0.15) is 0 Å². The number of halogens is 3. The molecule has 130 valence electrons. The first-order valence-electron chi connectivity index (χ1n) is 7.51. The van der Waals surface area contributed by atoms with E-state index in [-0.39, 0.29) is 23.0 Å². The fraction of sp³-hybridized carbons (Fsp3) is 0.176. The molecule has 1 saturated heterocycles. The zero-order valence-electron chi connectivity index (χ0n) is 13.0. The molecule has 5 nitrogen and oxygen atoms in total. The van der Waals surface area contributed by atoms with E-state index in [4.69, 9.17) is 23.2 Å². The molecule has 25 heavy (non-hydrogen) atoms. The first kappa shape index (κ1) is 17.5. The van der Waals surface area contributed by atoms with Crippen molar-refractivity contribution in [3.05, 3.63) is 57.8 Å². The van der Waals surface area contributed by atoms with Gasteiger partial charge in [-0.3, -0.25) is 9.59 Å². The minimum Gasteiger partial charge on any atom is -0.359 e. The van der Waals surface area contributed by atoms with Gasteiger partial charge in [0.1, 0.15) is 5.82 Å². The van der Waals surface area contributed by atoms with E-state index in [0.717, 1.165) is 6.07 Å². The largest absolute Gasteiger partial charge is 0.359 e. The van der Waals surface area contributed by atoms with Crippen LogP contribution in [0.3, 0.4) is 0 Å². The monoisotopic (exact) mass is 381 g/mol. The summed E-state index contributed by atoms with van der Waals surface area (Å²) >= 11 is 12.0. The minimum absolute atomic E-state index is 0.0714. The normalized spacial score (nSPS) is 14.2. The molecular weight excluding hydrogens is 368 g/mol. The van der Waals surface area contributed by atoms with E-state index < -0.39 is 11.7 Å². The lowest BCUT2D eigenvalue weighted by Gasteiger charge is -2.29. The summed E-state index contributed by atoms with van der Waals surface area (Å²) in [6, 6.07) is 8.77. The lowest BCUT2D eigenvalue weighted by Crippen LogP contribution is -2.47. The van der Waals surface area contributed by atoms with Gasteiger partial charge in [0.15, 0.2) is 0 Å². The van der Waals surface area contributed by atoms with Gasteiger partial charge in [0.25, 0.3) is 5.91 Å². The van der Waals surface area contributed by atoms with E-state index in [1.165, 1.54) is 12.1 Å². The SMILES string of the molecule is O=C1CN(c2ccc(NC(=O)c3ccc(Cl)cc3F)cc2Cl)CCN1. The van der Waals surface area contributed by atoms with Crippen molar-refractivity contribution in [2.24, 2.45) is 0 Å². The number of carbonyl (C=O) groups is 2. The van der Waals surface area contributed by atoms with E-state index >= 15 is 0 Å². The van der Waals surface area contributed by atoms with Crippen LogP contribution < -0.4 is 15.5 Å². The molecule has 0 bridgehead atoms. The van der Waals surface area contributed by atoms with Crippen molar-refractivity contribution in [3.8, 4) is 0 Å². The molecule has 0 unspecified atom stereocenters. The van der Waals surface area contributed by atoms with Crippen molar-refractivity contribution in [2.45, 2.75) is 0 Å². The topological polar surface area (TPSA) is 61.4 Å². The van der Waals surface area contributed by atoms with E-state index in [9.17, 15) is 14.0 Å². The molecule has 0 aromatic heterocycles. The number of carbonyl (C=O) groups excluding carboxylic acids is 2. The maximum atomic E-state index is 13.8. The smallest absolute Gasteiger partial charge is 0.258 e. The van der Waals surface area contributed by atoms with Crippen LogP contribution in [0, 0.1) is 5.82 Å². The third kappa shape index (κ3) is 4.03. The summed E-state index contributed by atoms with van der Waals surface area (Å²) in [6.07, 6.45) is 0. The van der Waals surface area contributed by atoms with E-state index in [0.29, 0.717) is 29.5 Å². The highest BCUT2D eigenvalue weighted by Crippen LogP contribution is 2.29. The van der Waals surface area contributed by atoms with Crippen molar-refractivity contribution in [1.82, 2.24) is 5.32 Å². The Hall–Kier alpha value is -2.31. The summed E-state index contributed by atoms with van der Waals surface area (Å²) in [4.78, 5) is 25.5. The highest BCUT2D eigenvalue weighted by Gasteiger charge is 2.19. The molecule has 2 N–H and O–H groups in total. The second kappa shape index (κ2) is 7.29. The van der Waals surface area contributed by atoms with Crippen LogP contribution >= 0.6 is 23.2 Å². The third-order valence-electron chi connectivity index (χ3n) is 3.76. The number of anilines is 2. The Bertz CT molecular complexity index is 845. The zero-order chi connectivity index (χ0) is 18.0. The number of rotatable bonds is 3. The molecule has 1 fully saturated rings. The average Bonchev–Trinajstić information content (AvgIpc) is 2.54. The average molecular weight is 382 g/mol. The maximum absolute atomic E-state index is 13.8. The van der Waals surface area contributed by atoms with Crippen LogP contribution in [0.15, 0.2) is 36.4 Å². The summed E-state index contributed by atoms with van der Waals surface area (Å²) in [5, 5.41) is 5.94. The summed E-state index contributed by atoms with van der Waals surface area (Å²) in [7, 11) is 0. The standard InChI is InChI=1S/C17H14Cl2FN3O2/c18-10-1-3-12(14(20)7-10)17(25)22-11-2-4-15(13(19)8-11)23-6-5-21-16(24)9-23/h1-4,7-8H,5-6,9H2,(H,21,24)(H,22,25). The summed E-state index contributed by atoms with van der Waals surface area (Å²) < 4.78 is 13.8. The molecule has 0 spiro atoms. The molecule has 0 aliphatic carbocycles. The predicted molar refractivity (Wildman–Crippen MR) is 96.0 cm³/mol. The Morgan fingerprint density at radius 3 is 2.68 bits per heavy atom. The van der Waals surface area contributed by atoms with Crippen LogP contribution in [0.1, 0.15) is 10.4 Å². The Morgan fingerprint density at radius 1 is 1.20 bits per heavy atom. The van der Waals surface area contributed by atoms with Gasteiger partial charge < -0.3 is 15.5 Å². The molecule has 2 amide bonds. The van der Waals surface area contributed by atoms with Gasteiger partial charge in [0.2, 0.25) is 5.91 Å². The Labute approximate surface area is 153 Å². The molecule has 8 heteroatoms. The Morgan fingerprint density at radius 2 is 2.00 bits per heavy atom. The van der Waals surface area contributed by atoms with Crippen molar-refractivity contribution in [1.29, 1.82) is 0 Å². The molecule has 0 atom stereocenters. The van der Waals surface area contributed by atoms with Gasteiger partial charge in [-0.15, -0.1) is 0 Å². The first-order chi connectivity index (χ1) is 11.9. The zero-order valence-corrected chi connectivity index (χ0v) is 14.5. The molecule has 2 aromatic carbocycles. The van der Waals surface area contributed by atoms with Crippen molar-refractivity contribution >= 4 is 46.4 Å². The van der Waals surface area contributed by atoms with Crippen molar-refractivity contribution in [2.75, 3.05) is 29.9 Å². The first-order valence-corrected chi connectivity index (χ1v) is 8.27. The number of benzene rings is 2. The van der Waals surface area contributed by atoms with Crippen LogP contribution in [0.4, 0.5) is 15.8 Å². The van der Waals surface area contributed by atoms with Crippen LogP contribution in [-0.2, 0) is 4.79 Å². The molecular formula is C17H14Cl2FN3O2. The van der Waals surface area contributed by atoms with Gasteiger partial charge in [-0.05, 0) is 36.4 Å². The summed E-state index contributed by atoms with van der Waals surface area (Å²) in [6.45, 7) is 1.41. The third-order valence-corrected chi connectivity index (χ3v) is 4.30. The number of piperazine rings is 1. The second-order valence-corrected chi connectivity index (χ2v) is 6.36. The number of nitrogens with zero attached hydrogens (tertiary/aromatic N) is 1. The fourth-order valence-electron chi connectivity index (χ4n) is 2.56.